The van der Waals surface area contributed by atoms with Crippen LogP contribution in [0.4, 0.5) is 0 Å². The van der Waals surface area contributed by atoms with Crippen LogP contribution in [0.2, 0.25) is 0 Å². The SMILES string of the molecule is Cc1nn(C)cc1CCNCc1ccsc1. The van der Waals surface area contributed by atoms with Crippen LogP contribution < -0.4 is 5.32 Å². The average Bonchev–Trinajstić information content (AvgIpc) is 2.84. The molecular formula is C12H17N3S. The van der Waals surface area contributed by atoms with Gasteiger partial charge in [0.2, 0.25) is 0 Å². The largest absolute Gasteiger partial charge is 0.312 e. The first-order valence-corrected chi connectivity index (χ1v) is 6.41. The zero-order valence-electron chi connectivity index (χ0n) is 9.73. The predicted molar refractivity (Wildman–Crippen MR) is 67.7 cm³/mol. The maximum absolute atomic E-state index is 4.33. The van der Waals surface area contributed by atoms with Crippen LogP contribution in [0.25, 0.3) is 0 Å². The van der Waals surface area contributed by atoms with Crippen LogP contribution in [-0.2, 0) is 20.0 Å². The monoisotopic (exact) mass is 235 g/mol. The maximum Gasteiger partial charge on any atom is 0.0626 e. The molecule has 0 fully saturated rings. The molecule has 2 aromatic rings. The Balaban J connectivity index is 1.74. The molecule has 4 heteroatoms. The van der Waals surface area contributed by atoms with Gasteiger partial charge in [-0.3, -0.25) is 4.68 Å². The van der Waals surface area contributed by atoms with Gasteiger partial charge < -0.3 is 5.32 Å². The first-order valence-electron chi connectivity index (χ1n) is 5.46. The molecule has 0 spiro atoms. The van der Waals surface area contributed by atoms with Gasteiger partial charge in [0.15, 0.2) is 0 Å². The van der Waals surface area contributed by atoms with Crippen molar-refractivity contribution in [3.05, 3.63) is 39.8 Å². The minimum absolute atomic E-state index is 0.961. The highest BCUT2D eigenvalue weighted by Crippen LogP contribution is 2.06. The third-order valence-corrected chi connectivity index (χ3v) is 3.33. The first kappa shape index (κ1) is 11.4. The summed E-state index contributed by atoms with van der Waals surface area (Å²) in [5, 5.41) is 12.1. The molecule has 0 aliphatic heterocycles. The Hall–Kier alpha value is -1.13. The maximum atomic E-state index is 4.33. The highest BCUT2D eigenvalue weighted by Gasteiger charge is 2.02. The lowest BCUT2D eigenvalue weighted by Crippen LogP contribution is -2.16. The van der Waals surface area contributed by atoms with Gasteiger partial charge in [-0.1, -0.05) is 0 Å². The Morgan fingerprint density at radius 3 is 3.00 bits per heavy atom. The van der Waals surface area contributed by atoms with Crippen molar-refractivity contribution in [1.29, 1.82) is 0 Å². The molecule has 3 nitrogen and oxygen atoms in total. The summed E-state index contributed by atoms with van der Waals surface area (Å²) in [6, 6.07) is 2.16. The van der Waals surface area contributed by atoms with Crippen molar-refractivity contribution in [3.8, 4) is 0 Å². The van der Waals surface area contributed by atoms with Crippen molar-refractivity contribution in [2.45, 2.75) is 19.9 Å². The van der Waals surface area contributed by atoms with Crippen LogP contribution in [0.15, 0.2) is 23.0 Å². The zero-order chi connectivity index (χ0) is 11.4. The molecular weight excluding hydrogens is 218 g/mol. The van der Waals surface area contributed by atoms with Crippen molar-refractivity contribution < 1.29 is 0 Å². The van der Waals surface area contributed by atoms with Crippen LogP contribution in [-0.4, -0.2) is 16.3 Å². The van der Waals surface area contributed by atoms with Crippen molar-refractivity contribution in [1.82, 2.24) is 15.1 Å². The Kier molecular flexibility index (Phi) is 3.74. The highest BCUT2D eigenvalue weighted by molar-refractivity contribution is 7.07. The number of nitrogens with zero attached hydrogens (tertiary/aromatic N) is 2. The van der Waals surface area contributed by atoms with Crippen molar-refractivity contribution in [2.75, 3.05) is 6.54 Å². The normalized spacial score (nSPS) is 10.9. The summed E-state index contributed by atoms with van der Waals surface area (Å²) in [5.74, 6) is 0. The molecule has 0 saturated heterocycles. The summed E-state index contributed by atoms with van der Waals surface area (Å²) >= 11 is 1.75. The molecule has 0 radical (unpaired) electrons. The van der Waals surface area contributed by atoms with Gasteiger partial charge in [-0.15, -0.1) is 0 Å². The van der Waals surface area contributed by atoms with Crippen molar-refractivity contribution in [2.24, 2.45) is 7.05 Å². The van der Waals surface area contributed by atoms with E-state index in [-0.39, 0.29) is 0 Å². The second-order valence-electron chi connectivity index (χ2n) is 3.97. The lowest BCUT2D eigenvalue weighted by atomic mass is 10.2. The molecule has 86 valence electrons. The molecule has 1 N–H and O–H groups in total. The lowest BCUT2D eigenvalue weighted by molar-refractivity contribution is 0.686. The van der Waals surface area contributed by atoms with E-state index in [1.54, 1.807) is 11.3 Å². The number of nitrogens with one attached hydrogen (secondary N) is 1. The molecule has 0 bridgehead atoms. The Labute approximate surface area is 100 Å². The number of aryl methyl sites for hydroxylation is 2. The third-order valence-electron chi connectivity index (χ3n) is 2.60. The molecule has 16 heavy (non-hydrogen) atoms. The van der Waals surface area contributed by atoms with Crippen LogP contribution in [0.5, 0.6) is 0 Å². The fraction of sp³-hybridized carbons (Fsp3) is 0.417. The average molecular weight is 235 g/mol. The topological polar surface area (TPSA) is 29.9 Å². The number of aromatic nitrogens is 2. The van der Waals surface area contributed by atoms with Gasteiger partial charge in [-0.05, 0) is 47.8 Å². The Bertz CT molecular complexity index is 431. The Morgan fingerprint density at radius 2 is 2.38 bits per heavy atom. The fourth-order valence-corrected chi connectivity index (χ4v) is 2.41. The van der Waals surface area contributed by atoms with Gasteiger partial charge in [0.05, 0.1) is 5.69 Å². The molecule has 0 unspecified atom stereocenters. The van der Waals surface area contributed by atoms with Crippen LogP contribution >= 0.6 is 11.3 Å². The number of thiophene rings is 1. The van der Waals surface area contributed by atoms with E-state index in [0.29, 0.717) is 0 Å². The third kappa shape index (κ3) is 2.93. The first-order chi connectivity index (χ1) is 7.75. The summed E-state index contributed by atoms with van der Waals surface area (Å²) in [6.07, 6.45) is 3.14. The molecule has 0 aliphatic rings. The number of hydrogen-bond acceptors (Lipinski definition) is 3. The number of rotatable bonds is 5. The van der Waals surface area contributed by atoms with E-state index < -0.39 is 0 Å². The van der Waals surface area contributed by atoms with Crippen molar-refractivity contribution >= 4 is 11.3 Å². The molecule has 2 heterocycles. The van der Waals surface area contributed by atoms with Crippen LogP contribution in [0.3, 0.4) is 0 Å². The van der Waals surface area contributed by atoms with Gasteiger partial charge in [-0.25, -0.2) is 0 Å². The van der Waals surface area contributed by atoms with Gasteiger partial charge in [0.25, 0.3) is 0 Å². The predicted octanol–water partition coefficient (Wildman–Crippen LogP) is 2.12. The second-order valence-corrected chi connectivity index (χ2v) is 4.75. The molecule has 0 aliphatic carbocycles. The van der Waals surface area contributed by atoms with E-state index >= 15 is 0 Å². The minimum Gasteiger partial charge on any atom is -0.312 e. The summed E-state index contributed by atoms with van der Waals surface area (Å²) in [7, 11) is 1.97. The molecule has 2 rings (SSSR count). The number of hydrogen-bond donors (Lipinski definition) is 1. The quantitative estimate of drug-likeness (QED) is 0.805. The van der Waals surface area contributed by atoms with E-state index in [0.717, 1.165) is 25.2 Å². The van der Waals surface area contributed by atoms with E-state index in [1.165, 1.54) is 11.1 Å². The van der Waals surface area contributed by atoms with E-state index in [4.69, 9.17) is 0 Å². The van der Waals surface area contributed by atoms with Gasteiger partial charge in [0, 0.05) is 19.8 Å². The Morgan fingerprint density at radius 1 is 1.50 bits per heavy atom. The fourth-order valence-electron chi connectivity index (χ4n) is 1.74. The smallest absolute Gasteiger partial charge is 0.0626 e. The molecule has 0 saturated carbocycles. The van der Waals surface area contributed by atoms with Crippen LogP contribution in [0, 0.1) is 6.92 Å². The van der Waals surface area contributed by atoms with Crippen molar-refractivity contribution in [3.63, 3.8) is 0 Å². The van der Waals surface area contributed by atoms with E-state index in [1.807, 2.05) is 11.7 Å². The summed E-state index contributed by atoms with van der Waals surface area (Å²) in [6.45, 7) is 4.03. The lowest BCUT2D eigenvalue weighted by Gasteiger charge is -2.02. The molecule has 0 amide bonds. The standard InChI is InChI=1S/C12H17N3S/c1-10-12(8-15(2)14-10)3-5-13-7-11-4-6-16-9-11/h4,6,8-9,13H,3,5,7H2,1-2H3. The van der Waals surface area contributed by atoms with Gasteiger partial charge in [-0.2, -0.15) is 16.4 Å². The van der Waals surface area contributed by atoms with Gasteiger partial charge >= 0.3 is 0 Å². The molecule has 0 aromatic carbocycles. The summed E-state index contributed by atoms with van der Waals surface area (Å²) < 4.78 is 1.88. The van der Waals surface area contributed by atoms with E-state index in [9.17, 15) is 0 Å². The molecule has 0 atom stereocenters. The van der Waals surface area contributed by atoms with E-state index in [2.05, 4.69) is 40.4 Å². The van der Waals surface area contributed by atoms with Crippen LogP contribution in [0.1, 0.15) is 16.8 Å². The van der Waals surface area contributed by atoms with Gasteiger partial charge in [0.1, 0.15) is 0 Å². The molecule has 2 aromatic heterocycles. The highest BCUT2D eigenvalue weighted by atomic mass is 32.1. The summed E-state index contributed by atoms with van der Waals surface area (Å²) in [5.41, 5.74) is 3.84. The zero-order valence-corrected chi connectivity index (χ0v) is 10.5. The second kappa shape index (κ2) is 5.27. The summed E-state index contributed by atoms with van der Waals surface area (Å²) in [4.78, 5) is 0. The minimum atomic E-state index is 0.961.